The zero-order valence-corrected chi connectivity index (χ0v) is 18.4. The molecule has 2 aromatic heterocycles. The molecule has 0 aliphatic rings. The molecule has 0 spiro atoms. The van der Waals surface area contributed by atoms with Gasteiger partial charge in [0.15, 0.2) is 11.6 Å². The summed E-state index contributed by atoms with van der Waals surface area (Å²) in [7, 11) is 0. The van der Waals surface area contributed by atoms with Crippen molar-refractivity contribution < 1.29 is 27.2 Å². The number of hydrogen-bond acceptors (Lipinski definition) is 5. The fourth-order valence-electron chi connectivity index (χ4n) is 3.06. The van der Waals surface area contributed by atoms with E-state index >= 15 is 0 Å². The highest BCUT2D eigenvalue weighted by Crippen LogP contribution is 2.36. The minimum Gasteiger partial charge on any atom is -0.293 e. The van der Waals surface area contributed by atoms with Gasteiger partial charge in [0.1, 0.15) is 18.1 Å². The molecule has 0 saturated heterocycles. The molecule has 3 nitrogen and oxygen atoms in total. The minimum absolute atomic E-state index is 0.00614. The Morgan fingerprint density at radius 3 is 2.44 bits per heavy atom. The van der Waals surface area contributed by atoms with E-state index < -0.39 is 42.2 Å². The standard InChI is InChI=1S/C22H12ClF4NO2S2/c23-20-13-6-5-12(24)8-17(13)32-21(20)15(30)10-28-19(22(25,26)27)9-14(29)18-7-11-3-1-2-4-16(11)31-18/h1-8H,9-10H2. The zero-order chi connectivity index (χ0) is 23.0. The molecule has 164 valence electrons. The van der Waals surface area contributed by atoms with Gasteiger partial charge < -0.3 is 0 Å². The third kappa shape index (κ3) is 4.60. The second kappa shape index (κ2) is 8.73. The van der Waals surface area contributed by atoms with Crippen LogP contribution in [-0.4, -0.2) is 30.0 Å². The molecule has 0 radical (unpaired) electrons. The topological polar surface area (TPSA) is 46.5 Å². The number of carbonyl (C=O) groups is 2. The van der Waals surface area contributed by atoms with E-state index in [1.165, 1.54) is 24.3 Å². The van der Waals surface area contributed by atoms with Crippen molar-refractivity contribution in [1.82, 2.24) is 0 Å². The molecular formula is C22H12ClF4NO2S2. The van der Waals surface area contributed by atoms with Gasteiger partial charge in [0.25, 0.3) is 0 Å². The molecule has 10 heteroatoms. The summed E-state index contributed by atoms with van der Waals surface area (Å²) in [4.78, 5) is 28.6. The summed E-state index contributed by atoms with van der Waals surface area (Å²) in [5.74, 6) is -2.00. The molecule has 0 amide bonds. The first-order valence-corrected chi connectivity index (χ1v) is 11.2. The van der Waals surface area contributed by atoms with Crippen molar-refractivity contribution in [3.63, 3.8) is 0 Å². The van der Waals surface area contributed by atoms with Gasteiger partial charge in [0, 0.05) is 14.8 Å². The third-order valence-corrected chi connectivity index (χ3v) is 7.47. The van der Waals surface area contributed by atoms with Crippen LogP contribution in [0.4, 0.5) is 17.6 Å². The number of hydrogen-bond donors (Lipinski definition) is 0. The third-order valence-electron chi connectivity index (χ3n) is 4.61. The van der Waals surface area contributed by atoms with Crippen LogP contribution in [0.2, 0.25) is 5.02 Å². The smallest absolute Gasteiger partial charge is 0.293 e. The molecule has 0 bridgehead atoms. The number of halogens is 5. The molecule has 4 aromatic rings. The van der Waals surface area contributed by atoms with Crippen molar-refractivity contribution in [2.24, 2.45) is 4.99 Å². The summed E-state index contributed by atoms with van der Waals surface area (Å²) in [5, 5.41) is 1.24. The number of thiophene rings is 2. The van der Waals surface area contributed by atoms with Crippen LogP contribution in [0.25, 0.3) is 20.2 Å². The Hall–Kier alpha value is -2.62. The van der Waals surface area contributed by atoms with Crippen molar-refractivity contribution in [1.29, 1.82) is 0 Å². The van der Waals surface area contributed by atoms with E-state index in [2.05, 4.69) is 4.99 Å². The Balaban J connectivity index is 1.57. The van der Waals surface area contributed by atoms with Crippen LogP contribution in [0.5, 0.6) is 0 Å². The molecule has 4 rings (SSSR count). The lowest BCUT2D eigenvalue weighted by Crippen LogP contribution is -2.26. The molecule has 0 unspecified atom stereocenters. The lowest BCUT2D eigenvalue weighted by molar-refractivity contribution is -0.0603. The van der Waals surface area contributed by atoms with Crippen molar-refractivity contribution in [2.45, 2.75) is 12.6 Å². The highest BCUT2D eigenvalue weighted by atomic mass is 35.5. The average Bonchev–Trinajstić information content (AvgIpc) is 3.31. The predicted octanol–water partition coefficient (Wildman–Crippen LogP) is 7.37. The van der Waals surface area contributed by atoms with Crippen molar-refractivity contribution in [3.8, 4) is 0 Å². The summed E-state index contributed by atoms with van der Waals surface area (Å²) < 4.78 is 55.0. The summed E-state index contributed by atoms with van der Waals surface area (Å²) in [6.07, 6.45) is -5.85. The fourth-order valence-corrected chi connectivity index (χ4v) is 5.55. The summed E-state index contributed by atoms with van der Waals surface area (Å²) in [6, 6.07) is 12.4. The molecule has 32 heavy (non-hydrogen) atoms. The Bertz CT molecular complexity index is 1350. The molecule has 0 fully saturated rings. The normalized spacial score (nSPS) is 12.6. The van der Waals surface area contributed by atoms with Crippen molar-refractivity contribution >= 4 is 71.7 Å². The van der Waals surface area contributed by atoms with E-state index in [1.54, 1.807) is 24.3 Å². The monoisotopic (exact) mass is 497 g/mol. The van der Waals surface area contributed by atoms with Crippen LogP contribution < -0.4 is 0 Å². The highest BCUT2D eigenvalue weighted by Gasteiger charge is 2.37. The van der Waals surface area contributed by atoms with Gasteiger partial charge in [-0.05, 0) is 35.7 Å². The number of fused-ring (bicyclic) bond motifs is 2. The maximum Gasteiger partial charge on any atom is 0.429 e. The summed E-state index contributed by atoms with van der Waals surface area (Å²) in [5.41, 5.74) is -1.34. The molecule has 2 aromatic carbocycles. The maximum absolute atomic E-state index is 13.5. The highest BCUT2D eigenvalue weighted by molar-refractivity contribution is 7.21. The largest absolute Gasteiger partial charge is 0.429 e. The predicted molar refractivity (Wildman–Crippen MR) is 120 cm³/mol. The molecule has 0 saturated carbocycles. The number of carbonyl (C=O) groups excluding carboxylic acids is 2. The number of rotatable bonds is 6. The molecule has 0 aliphatic carbocycles. The number of aliphatic imine (C=N–C) groups is 1. The Morgan fingerprint density at radius 2 is 1.72 bits per heavy atom. The summed E-state index contributed by atoms with van der Waals surface area (Å²) in [6.45, 7) is -0.830. The second-order valence-electron chi connectivity index (χ2n) is 6.82. The number of Topliss-reactive ketones (excluding diaryl/α,β-unsaturated/α-hetero) is 2. The molecule has 0 atom stereocenters. The Kier molecular flexibility index (Phi) is 6.15. The van der Waals surface area contributed by atoms with Crippen LogP contribution in [0.3, 0.4) is 0 Å². The quantitative estimate of drug-likeness (QED) is 0.159. The SMILES string of the molecule is O=C(CC(=NCC(=O)c1sc2cc(F)ccc2c1Cl)C(F)(F)F)c1cc2ccccc2s1. The van der Waals surface area contributed by atoms with Gasteiger partial charge in [-0.1, -0.05) is 29.8 Å². The van der Waals surface area contributed by atoms with Gasteiger partial charge in [0.2, 0.25) is 0 Å². The van der Waals surface area contributed by atoms with Crippen molar-refractivity contribution in [2.75, 3.05) is 6.54 Å². The number of nitrogens with zero attached hydrogens (tertiary/aromatic N) is 1. The van der Waals surface area contributed by atoms with Gasteiger partial charge in [-0.15, -0.1) is 22.7 Å². The first-order chi connectivity index (χ1) is 15.1. The van der Waals surface area contributed by atoms with Crippen LogP contribution in [0, 0.1) is 5.82 Å². The van der Waals surface area contributed by atoms with E-state index in [-0.39, 0.29) is 14.8 Å². The lowest BCUT2D eigenvalue weighted by Gasteiger charge is -2.09. The van der Waals surface area contributed by atoms with E-state index in [9.17, 15) is 27.2 Å². The number of ketones is 2. The van der Waals surface area contributed by atoms with E-state index in [0.717, 1.165) is 32.8 Å². The number of alkyl halides is 3. The molecule has 0 aliphatic heterocycles. The molecule has 2 heterocycles. The molecule has 0 N–H and O–H groups in total. The Labute approximate surface area is 192 Å². The van der Waals surface area contributed by atoms with E-state index in [0.29, 0.717) is 10.1 Å². The zero-order valence-electron chi connectivity index (χ0n) is 16.0. The first-order valence-electron chi connectivity index (χ1n) is 9.16. The van der Waals surface area contributed by atoms with Crippen LogP contribution in [-0.2, 0) is 0 Å². The average molecular weight is 498 g/mol. The fraction of sp³-hybridized carbons (Fsp3) is 0.136. The van der Waals surface area contributed by atoms with Crippen molar-refractivity contribution in [3.05, 3.63) is 69.1 Å². The van der Waals surface area contributed by atoms with Crippen LogP contribution in [0.15, 0.2) is 53.5 Å². The van der Waals surface area contributed by atoms with Gasteiger partial charge in [-0.2, -0.15) is 13.2 Å². The van der Waals surface area contributed by atoms with Crippen LogP contribution >= 0.6 is 34.3 Å². The van der Waals surface area contributed by atoms with E-state index in [4.69, 9.17) is 11.6 Å². The second-order valence-corrected chi connectivity index (χ2v) is 9.33. The van der Waals surface area contributed by atoms with Gasteiger partial charge in [0.05, 0.1) is 21.2 Å². The van der Waals surface area contributed by atoms with Gasteiger partial charge in [-0.3, -0.25) is 14.6 Å². The number of benzene rings is 2. The molecular weight excluding hydrogens is 486 g/mol. The minimum atomic E-state index is -4.88. The first kappa shape index (κ1) is 22.6. The lowest BCUT2D eigenvalue weighted by atomic mass is 10.1. The van der Waals surface area contributed by atoms with Gasteiger partial charge >= 0.3 is 6.18 Å². The summed E-state index contributed by atoms with van der Waals surface area (Å²) >= 11 is 8.14. The van der Waals surface area contributed by atoms with E-state index in [1.807, 2.05) is 0 Å². The van der Waals surface area contributed by atoms with Crippen LogP contribution in [0.1, 0.15) is 25.8 Å². The Morgan fingerprint density at radius 1 is 0.969 bits per heavy atom. The maximum atomic E-state index is 13.5. The van der Waals surface area contributed by atoms with Gasteiger partial charge in [-0.25, -0.2) is 4.39 Å².